The van der Waals surface area contributed by atoms with Crippen LogP contribution in [0.1, 0.15) is 19.4 Å². The van der Waals surface area contributed by atoms with Crippen molar-refractivity contribution < 1.29 is 9.84 Å². The average molecular weight is 217 g/mol. The van der Waals surface area contributed by atoms with Crippen LogP contribution in [0.4, 0.5) is 0 Å². The molecule has 2 aromatic rings. The smallest absolute Gasteiger partial charge is 0.145 e. The van der Waals surface area contributed by atoms with Gasteiger partial charge in [-0.1, -0.05) is 12.1 Å². The number of aliphatic hydroxyl groups is 1. The molecule has 0 spiro atoms. The molecule has 0 radical (unpaired) electrons. The van der Waals surface area contributed by atoms with Crippen LogP contribution < -0.4 is 4.74 Å². The van der Waals surface area contributed by atoms with Gasteiger partial charge in [-0.15, -0.1) is 0 Å². The van der Waals surface area contributed by atoms with Crippen molar-refractivity contribution in [3.05, 3.63) is 36.0 Å². The van der Waals surface area contributed by atoms with E-state index in [-0.39, 0.29) is 0 Å². The normalized spacial score (nSPS) is 11.8. The van der Waals surface area contributed by atoms with Crippen molar-refractivity contribution in [2.24, 2.45) is 0 Å². The molecule has 2 rings (SSSR count). The number of rotatable bonds is 2. The number of nitrogens with zero attached hydrogens (tertiary/aromatic N) is 1. The first-order chi connectivity index (χ1) is 7.54. The molecule has 0 saturated carbocycles. The summed E-state index contributed by atoms with van der Waals surface area (Å²) in [6.45, 7) is 3.53. The Hall–Kier alpha value is -1.61. The lowest BCUT2D eigenvalue weighted by Gasteiger charge is -2.20. The first-order valence-corrected chi connectivity index (χ1v) is 5.18. The highest BCUT2D eigenvalue weighted by Crippen LogP contribution is 2.32. The third kappa shape index (κ3) is 1.74. The Morgan fingerprint density at radius 2 is 2.00 bits per heavy atom. The second-order valence-corrected chi connectivity index (χ2v) is 4.27. The molecule has 1 heterocycles. The molecule has 1 aromatic carbocycles. The standard InChI is InChI=1S/C13H15NO2/c1-13(2,15)10-6-7-11(16-3)12-9(10)5-4-8-14-12/h4-8,15H,1-3H3. The van der Waals surface area contributed by atoms with Crippen LogP contribution in [0.3, 0.4) is 0 Å². The summed E-state index contributed by atoms with van der Waals surface area (Å²) in [7, 11) is 1.62. The molecule has 0 atom stereocenters. The molecule has 0 aliphatic heterocycles. The molecule has 0 saturated heterocycles. The third-order valence-corrected chi connectivity index (χ3v) is 2.61. The fraction of sp³-hybridized carbons (Fsp3) is 0.308. The predicted octanol–water partition coefficient (Wildman–Crippen LogP) is 2.47. The highest BCUT2D eigenvalue weighted by atomic mass is 16.5. The summed E-state index contributed by atoms with van der Waals surface area (Å²) in [6, 6.07) is 7.51. The maximum absolute atomic E-state index is 10.1. The SMILES string of the molecule is COc1ccc(C(C)(C)O)c2cccnc12. The van der Waals surface area contributed by atoms with Crippen molar-refractivity contribution in [3.8, 4) is 5.75 Å². The van der Waals surface area contributed by atoms with Crippen LogP contribution in [0.5, 0.6) is 5.75 Å². The first kappa shape index (κ1) is 10.9. The van der Waals surface area contributed by atoms with Crippen molar-refractivity contribution in [2.45, 2.75) is 19.4 Å². The van der Waals surface area contributed by atoms with Gasteiger partial charge in [0.2, 0.25) is 0 Å². The monoisotopic (exact) mass is 217 g/mol. The van der Waals surface area contributed by atoms with Crippen LogP contribution in [-0.4, -0.2) is 17.2 Å². The van der Waals surface area contributed by atoms with Crippen molar-refractivity contribution in [1.82, 2.24) is 4.98 Å². The predicted molar refractivity (Wildman–Crippen MR) is 63.5 cm³/mol. The Kier molecular flexibility index (Phi) is 2.56. The molecular weight excluding hydrogens is 202 g/mol. The van der Waals surface area contributed by atoms with Crippen LogP contribution in [0.15, 0.2) is 30.5 Å². The Morgan fingerprint density at radius 3 is 2.62 bits per heavy atom. The lowest BCUT2D eigenvalue weighted by atomic mass is 9.94. The van der Waals surface area contributed by atoms with Crippen molar-refractivity contribution in [2.75, 3.05) is 7.11 Å². The van der Waals surface area contributed by atoms with Crippen molar-refractivity contribution >= 4 is 10.9 Å². The van der Waals surface area contributed by atoms with E-state index in [1.165, 1.54) is 0 Å². The number of pyridine rings is 1. The van der Waals surface area contributed by atoms with Crippen LogP contribution >= 0.6 is 0 Å². The molecule has 3 heteroatoms. The number of ether oxygens (including phenoxy) is 1. The van der Waals surface area contributed by atoms with Crippen molar-refractivity contribution in [1.29, 1.82) is 0 Å². The topological polar surface area (TPSA) is 42.4 Å². The zero-order chi connectivity index (χ0) is 11.8. The van der Waals surface area contributed by atoms with E-state index in [4.69, 9.17) is 4.74 Å². The average Bonchev–Trinajstić information content (AvgIpc) is 2.26. The molecule has 0 unspecified atom stereocenters. The molecule has 0 aliphatic carbocycles. The van der Waals surface area contributed by atoms with Crippen molar-refractivity contribution in [3.63, 3.8) is 0 Å². The molecule has 1 aromatic heterocycles. The summed E-state index contributed by atoms with van der Waals surface area (Å²) >= 11 is 0. The molecule has 84 valence electrons. The number of benzene rings is 1. The fourth-order valence-corrected chi connectivity index (χ4v) is 1.84. The second kappa shape index (κ2) is 3.76. The van der Waals surface area contributed by atoms with E-state index in [0.29, 0.717) is 0 Å². The van der Waals surface area contributed by atoms with Gasteiger partial charge in [-0.25, -0.2) is 0 Å². The van der Waals surface area contributed by atoms with Gasteiger partial charge >= 0.3 is 0 Å². The van der Waals surface area contributed by atoms with Crippen LogP contribution in [0.2, 0.25) is 0 Å². The molecule has 3 nitrogen and oxygen atoms in total. The van der Waals surface area contributed by atoms with Crippen LogP contribution in [0.25, 0.3) is 10.9 Å². The number of hydrogen-bond acceptors (Lipinski definition) is 3. The number of fused-ring (bicyclic) bond motifs is 1. The Bertz CT molecular complexity index is 515. The lowest BCUT2D eigenvalue weighted by Crippen LogP contribution is -2.16. The van der Waals surface area contributed by atoms with Gasteiger partial charge < -0.3 is 9.84 Å². The maximum Gasteiger partial charge on any atom is 0.145 e. The van der Waals surface area contributed by atoms with Gasteiger partial charge in [0.15, 0.2) is 0 Å². The summed E-state index contributed by atoms with van der Waals surface area (Å²) in [5.41, 5.74) is 0.758. The van der Waals surface area contributed by atoms with E-state index in [9.17, 15) is 5.11 Å². The van der Waals surface area contributed by atoms with Gasteiger partial charge in [0.05, 0.1) is 12.7 Å². The summed E-state index contributed by atoms with van der Waals surface area (Å²) in [5.74, 6) is 0.726. The zero-order valence-electron chi connectivity index (χ0n) is 9.69. The first-order valence-electron chi connectivity index (χ1n) is 5.18. The van der Waals surface area contributed by atoms with Gasteiger partial charge in [0.1, 0.15) is 11.3 Å². The molecule has 0 fully saturated rings. The van der Waals surface area contributed by atoms with Gasteiger partial charge in [0.25, 0.3) is 0 Å². The molecule has 1 N–H and O–H groups in total. The van der Waals surface area contributed by atoms with Gasteiger partial charge in [0, 0.05) is 11.6 Å². The maximum atomic E-state index is 10.1. The minimum absolute atomic E-state index is 0.726. The Morgan fingerprint density at radius 1 is 1.25 bits per heavy atom. The fourth-order valence-electron chi connectivity index (χ4n) is 1.84. The number of aromatic nitrogens is 1. The van der Waals surface area contributed by atoms with Crippen LogP contribution in [0, 0.1) is 0 Å². The van der Waals surface area contributed by atoms with E-state index in [1.807, 2.05) is 24.3 Å². The Labute approximate surface area is 94.7 Å². The minimum Gasteiger partial charge on any atom is -0.494 e. The molecule has 0 aliphatic rings. The molecule has 16 heavy (non-hydrogen) atoms. The van der Waals surface area contributed by atoms with Gasteiger partial charge in [-0.2, -0.15) is 0 Å². The van der Waals surface area contributed by atoms with E-state index in [1.54, 1.807) is 27.2 Å². The molecular formula is C13H15NO2. The zero-order valence-corrected chi connectivity index (χ0v) is 9.69. The van der Waals surface area contributed by atoms with Gasteiger partial charge in [-0.3, -0.25) is 4.98 Å². The summed E-state index contributed by atoms with van der Waals surface area (Å²) in [5, 5.41) is 11.0. The van der Waals surface area contributed by atoms with E-state index in [0.717, 1.165) is 22.2 Å². The van der Waals surface area contributed by atoms with Gasteiger partial charge in [-0.05, 0) is 31.5 Å². The summed E-state index contributed by atoms with van der Waals surface area (Å²) < 4.78 is 5.25. The highest BCUT2D eigenvalue weighted by molar-refractivity contribution is 5.88. The number of hydrogen-bond donors (Lipinski definition) is 1. The van der Waals surface area contributed by atoms with E-state index >= 15 is 0 Å². The van der Waals surface area contributed by atoms with Crippen LogP contribution in [-0.2, 0) is 5.60 Å². The highest BCUT2D eigenvalue weighted by Gasteiger charge is 2.20. The number of methoxy groups -OCH3 is 1. The van der Waals surface area contributed by atoms with E-state index in [2.05, 4.69) is 4.98 Å². The Balaban J connectivity index is 2.80. The quantitative estimate of drug-likeness (QED) is 0.840. The summed E-state index contributed by atoms with van der Waals surface area (Å²) in [6.07, 6.45) is 1.72. The van der Waals surface area contributed by atoms with E-state index < -0.39 is 5.60 Å². The minimum atomic E-state index is -0.881. The lowest BCUT2D eigenvalue weighted by molar-refractivity contribution is 0.0801. The molecule has 0 amide bonds. The second-order valence-electron chi connectivity index (χ2n) is 4.27. The summed E-state index contributed by atoms with van der Waals surface area (Å²) in [4.78, 5) is 4.29. The molecule has 0 bridgehead atoms. The third-order valence-electron chi connectivity index (χ3n) is 2.61. The largest absolute Gasteiger partial charge is 0.494 e.